The smallest absolute Gasteiger partial charge is 0.160 e. The molecule has 0 atom stereocenters. The summed E-state index contributed by atoms with van der Waals surface area (Å²) in [6.45, 7) is 0.773. The summed E-state index contributed by atoms with van der Waals surface area (Å²) in [4.78, 5) is 14.7. The molecule has 0 radical (unpaired) electrons. The van der Waals surface area contributed by atoms with Gasteiger partial charge in [0.1, 0.15) is 11.3 Å². The van der Waals surface area contributed by atoms with Crippen LogP contribution in [0.3, 0.4) is 0 Å². The number of imidazole rings is 1. The molecule has 0 bridgehead atoms. The number of pyridine rings is 2. The zero-order valence-corrected chi connectivity index (χ0v) is 12.0. The van der Waals surface area contributed by atoms with Crippen LogP contribution in [0, 0.1) is 0 Å². The number of rotatable bonds is 3. The van der Waals surface area contributed by atoms with E-state index in [1.807, 2.05) is 36.7 Å². The normalized spacial score (nSPS) is 11.0. The molecular weight excluding hydrogens is 280 g/mol. The van der Waals surface area contributed by atoms with Crippen LogP contribution in [0.1, 0.15) is 4.88 Å². The van der Waals surface area contributed by atoms with Crippen LogP contribution in [0.15, 0.2) is 60.4 Å². The Labute approximate surface area is 125 Å². The van der Waals surface area contributed by atoms with Crippen molar-refractivity contribution in [2.75, 3.05) is 0 Å². The molecule has 4 aromatic rings. The van der Waals surface area contributed by atoms with Gasteiger partial charge in [0.05, 0.1) is 6.54 Å². The molecule has 0 spiro atoms. The highest BCUT2D eigenvalue weighted by molar-refractivity contribution is 7.09. The van der Waals surface area contributed by atoms with Crippen LogP contribution in [0.4, 0.5) is 0 Å². The van der Waals surface area contributed by atoms with Crippen LogP contribution in [-0.2, 0) is 6.54 Å². The zero-order chi connectivity index (χ0) is 14.1. The van der Waals surface area contributed by atoms with Crippen LogP contribution < -0.4 is 0 Å². The topological polar surface area (TPSA) is 43.6 Å². The summed E-state index contributed by atoms with van der Waals surface area (Å²) in [7, 11) is 0. The van der Waals surface area contributed by atoms with Gasteiger partial charge in [-0.3, -0.25) is 4.98 Å². The minimum Gasteiger partial charge on any atom is -0.303 e. The molecule has 0 saturated carbocycles. The Hall–Kier alpha value is -2.53. The highest BCUT2D eigenvalue weighted by Crippen LogP contribution is 2.25. The van der Waals surface area contributed by atoms with Crippen LogP contribution in [0.25, 0.3) is 22.6 Å². The van der Waals surface area contributed by atoms with E-state index in [4.69, 9.17) is 4.98 Å². The van der Waals surface area contributed by atoms with Crippen molar-refractivity contribution in [3.8, 4) is 11.4 Å². The second-order valence-electron chi connectivity index (χ2n) is 4.69. The zero-order valence-electron chi connectivity index (χ0n) is 11.2. The lowest BCUT2D eigenvalue weighted by Gasteiger charge is -2.07. The van der Waals surface area contributed by atoms with Crippen molar-refractivity contribution < 1.29 is 0 Å². The fraction of sp³-hybridized carbons (Fsp3) is 0.0625. The second-order valence-corrected chi connectivity index (χ2v) is 5.72. The Morgan fingerprint density at radius 1 is 1.05 bits per heavy atom. The SMILES string of the molecule is c1cncc(-c2nc3cccnc3n2Cc2cccs2)c1. The van der Waals surface area contributed by atoms with Crippen LogP contribution in [0.2, 0.25) is 0 Å². The maximum Gasteiger partial charge on any atom is 0.160 e. The van der Waals surface area contributed by atoms with E-state index in [9.17, 15) is 0 Å². The molecule has 0 amide bonds. The van der Waals surface area contributed by atoms with Gasteiger partial charge >= 0.3 is 0 Å². The van der Waals surface area contributed by atoms with Crippen LogP contribution in [-0.4, -0.2) is 19.5 Å². The Morgan fingerprint density at radius 3 is 2.81 bits per heavy atom. The molecule has 0 aliphatic carbocycles. The first-order valence-electron chi connectivity index (χ1n) is 6.66. The van der Waals surface area contributed by atoms with Gasteiger partial charge in [0, 0.05) is 29.0 Å². The molecule has 4 aromatic heterocycles. The third-order valence-electron chi connectivity index (χ3n) is 3.32. The Bertz CT molecular complexity index is 866. The maximum atomic E-state index is 4.73. The van der Waals surface area contributed by atoms with Crippen molar-refractivity contribution in [2.24, 2.45) is 0 Å². The van der Waals surface area contributed by atoms with Crippen molar-refractivity contribution >= 4 is 22.5 Å². The average molecular weight is 292 g/mol. The van der Waals surface area contributed by atoms with E-state index >= 15 is 0 Å². The molecule has 4 heterocycles. The minimum absolute atomic E-state index is 0.773. The Morgan fingerprint density at radius 2 is 2.00 bits per heavy atom. The molecule has 21 heavy (non-hydrogen) atoms. The standard InChI is InChI=1S/C16H12N4S/c1-4-12(10-17-7-1)15-19-14-6-2-8-18-16(14)20(15)11-13-5-3-9-21-13/h1-10H,11H2. The van der Waals surface area contributed by atoms with E-state index in [1.165, 1.54) is 4.88 Å². The maximum absolute atomic E-state index is 4.73. The second kappa shape index (κ2) is 5.10. The third-order valence-corrected chi connectivity index (χ3v) is 4.18. The van der Waals surface area contributed by atoms with Gasteiger partial charge in [0.25, 0.3) is 0 Å². The molecule has 0 aliphatic heterocycles. The van der Waals surface area contributed by atoms with E-state index in [0.29, 0.717) is 0 Å². The lowest BCUT2D eigenvalue weighted by atomic mass is 10.2. The molecular formula is C16H12N4S. The average Bonchev–Trinajstić information content (AvgIpc) is 3.17. The Balaban J connectivity index is 1.93. The van der Waals surface area contributed by atoms with Gasteiger partial charge in [-0.05, 0) is 35.7 Å². The summed E-state index contributed by atoms with van der Waals surface area (Å²) in [5, 5.41) is 2.09. The summed E-state index contributed by atoms with van der Waals surface area (Å²) in [5.74, 6) is 0.908. The summed E-state index contributed by atoms with van der Waals surface area (Å²) in [6.07, 6.45) is 5.42. The number of hydrogen-bond donors (Lipinski definition) is 0. The largest absolute Gasteiger partial charge is 0.303 e. The number of thiophene rings is 1. The highest BCUT2D eigenvalue weighted by Gasteiger charge is 2.14. The van der Waals surface area contributed by atoms with Crippen molar-refractivity contribution in [2.45, 2.75) is 6.54 Å². The molecule has 102 valence electrons. The summed E-state index contributed by atoms with van der Waals surface area (Å²) in [5.41, 5.74) is 2.82. The predicted molar refractivity (Wildman–Crippen MR) is 84.2 cm³/mol. The van der Waals surface area contributed by atoms with Crippen LogP contribution in [0.5, 0.6) is 0 Å². The van der Waals surface area contributed by atoms with Gasteiger partial charge in [0.2, 0.25) is 0 Å². The minimum atomic E-state index is 0.773. The summed E-state index contributed by atoms with van der Waals surface area (Å²) < 4.78 is 2.15. The molecule has 0 aromatic carbocycles. The highest BCUT2D eigenvalue weighted by atomic mass is 32.1. The summed E-state index contributed by atoms with van der Waals surface area (Å²) in [6, 6.07) is 12.1. The first kappa shape index (κ1) is 12.2. The van der Waals surface area contributed by atoms with Crippen molar-refractivity contribution in [1.82, 2.24) is 19.5 Å². The molecule has 0 aliphatic rings. The van der Waals surface area contributed by atoms with Crippen molar-refractivity contribution in [1.29, 1.82) is 0 Å². The lowest BCUT2D eigenvalue weighted by Crippen LogP contribution is -2.01. The fourth-order valence-corrected chi connectivity index (χ4v) is 3.07. The predicted octanol–water partition coefficient (Wildman–Crippen LogP) is 3.60. The number of aromatic nitrogens is 4. The first-order valence-corrected chi connectivity index (χ1v) is 7.54. The number of nitrogens with zero attached hydrogens (tertiary/aromatic N) is 4. The van der Waals surface area contributed by atoms with Gasteiger partial charge in [-0.2, -0.15) is 0 Å². The third kappa shape index (κ3) is 2.21. The van der Waals surface area contributed by atoms with Gasteiger partial charge in [-0.15, -0.1) is 11.3 Å². The fourth-order valence-electron chi connectivity index (χ4n) is 2.38. The van der Waals surface area contributed by atoms with E-state index in [0.717, 1.165) is 29.1 Å². The van der Waals surface area contributed by atoms with Gasteiger partial charge < -0.3 is 4.57 Å². The molecule has 0 saturated heterocycles. The Kier molecular flexibility index (Phi) is 2.97. The summed E-state index contributed by atoms with van der Waals surface area (Å²) >= 11 is 1.74. The van der Waals surface area contributed by atoms with Gasteiger partial charge in [-0.1, -0.05) is 6.07 Å². The molecule has 0 unspecified atom stereocenters. The molecule has 5 heteroatoms. The first-order chi connectivity index (χ1) is 10.4. The number of fused-ring (bicyclic) bond motifs is 1. The molecule has 4 nitrogen and oxygen atoms in total. The molecule has 0 N–H and O–H groups in total. The van der Waals surface area contributed by atoms with E-state index in [1.54, 1.807) is 17.5 Å². The van der Waals surface area contributed by atoms with Crippen molar-refractivity contribution in [3.05, 3.63) is 65.2 Å². The van der Waals surface area contributed by atoms with E-state index in [-0.39, 0.29) is 0 Å². The van der Waals surface area contributed by atoms with E-state index < -0.39 is 0 Å². The molecule has 0 fully saturated rings. The van der Waals surface area contributed by atoms with Crippen molar-refractivity contribution in [3.63, 3.8) is 0 Å². The quantitative estimate of drug-likeness (QED) is 0.579. The van der Waals surface area contributed by atoms with Crippen LogP contribution >= 0.6 is 11.3 Å². The number of hydrogen-bond acceptors (Lipinski definition) is 4. The lowest BCUT2D eigenvalue weighted by molar-refractivity contribution is 0.836. The van der Waals surface area contributed by atoms with Gasteiger partial charge in [0.15, 0.2) is 5.65 Å². The van der Waals surface area contributed by atoms with E-state index in [2.05, 4.69) is 32.0 Å². The van der Waals surface area contributed by atoms with Gasteiger partial charge in [-0.25, -0.2) is 9.97 Å². The monoisotopic (exact) mass is 292 g/mol. The molecule has 4 rings (SSSR count).